The molecule has 32 heavy (non-hydrogen) atoms. The number of amides is 2. The second-order valence-electron chi connectivity index (χ2n) is 7.85. The highest BCUT2D eigenvalue weighted by Gasteiger charge is 2.26. The third-order valence-corrected chi connectivity index (χ3v) is 5.53. The van der Waals surface area contributed by atoms with E-state index in [0.29, 0.717) is 18.2 Å². The lowest BCUT2D eigenvalue weighted by Crippen LogP contribution is -2.50. The van der Waals surface area contributed by atoms with E-state index >= 15 is 0 Å². The van der Waals surface area contributed by atoms with Gasteiger partial charge in [0.2, 0.25) is 5.91 Å². The van der Waals surface area contributed by atoms with Gasteiger partial charge in [0.05, 0.1) is 6.54 Å². The fraction of sp³-hybridized carbons (Fsp3) is 0.609. The summed E-state index contributed by atoms with van der Waals surface area (Å²) in [6.45, 7) is 8.87. The molecule has 0 unspecified atom stereocenters. The van der Waals surface area contributed by atoms with Crippen molar-refractivity contribution in [1.82, 2.24) is 15.5 Å². The molecule has 1 aliphatic heterocycles. The molecule has 0 radical (unpaired) electrons. The Labute approximate surface area is 208 Å². The van der Waals surface area contributed by atoms with E-state index in [1.165, 1.54) is 0 Å². The van der Waals surface area contributed by atoms with Gasteiger partial charge in [0, 0.05) is 31.6 Å². The maximum absolute atomic E-state index is 12.6. The topological polar surface area (TPSA) is 109 Å². The van der Waals surface area contributed by atoms with E-state index in [1.807, 2.05) is 30.0 Å². The zero-order valence-corrected chi connectivity index (χ0v) is 21.8. The molecule has 2 rings (SSSR count). The van der Waals surface area contributed by atoms with E-state index in [4.69, 9.17) is 10.5 Å². The standard InChI is InChI=1S/C23H37N5O3.HI/c1-4-18(5-2)22(30)28-12-10-19(11-13-28)27-23(25-6-3)26-15-17-8-7-9-20(14-17)31-16-21(24)29;/h7-9,14,18-19H,4-6,10-13,15-16H2,1-3H3,(H2,24,29)(H2,25,26,27);1H. The first-order valence-electron chi connectivity index (χ1n) is 11.3. The number of aliphatic imine (C=N–C) groups is 1. The summed E-state index contributed by atoms with van der Waals surface area (Å²) >= 11 is 0. The van der Waals surface area contributed by atoms with Crippen molar-refractivity contribution in [2.75, 3.05) is 26.2 Å². The van der Waals surface area contributed by atoms with E-state index in [1.54, 1.807) is 6.07 Å². The number of piperidine rings is 1. The van der Waals surface area contributed by atoms with Crippen molar-refractivity contribution >= 4 is 41.8 Å². The number of rotatable bonds is 10. The van der Waals surface area contributed by atoms with Gasteiger partial charge in [-0.25, -0.2) is 4.99 Å². The molecule has 1 fully saturated rings. The average molecular weight is 559 g/mol. The molecule has 1 saturated heterocycles. The van der Waals surface area contributed by atoms with Crippen LogP contribution in [0, 0.1) is 5.92 Å². The number of carbonyl (C=O) groups is 2. The Kier molecular flexibility index (Phi) is 13.0. The summed E-state index contributed by atoms with van der Waals surface area (Å²) in [7, 11) is 0. The zero-order valence-electron chi connectivity index (χ0n) is 19.4. The quantitative estimate of drug-likeness (QED) is 0.232. The number of halogens is 1. The molecule has 0 atom stereocenters. The molecular weight excluding hydrogens is 521 g/mol. The minimum atomic E-state index is -0.505. The maximum Gasteiger partial charge on any atom is 0.255 e. The van der Waals surface area contributed by atoms with E-state index < -0.39 is 5.91 Å². The van der Waals surface area contributed by atoms with E-state index in [0.717, 1.165) is 56.8 Å². The first kappa shape index (κ1) is 28.0. The van der Waals surface area contributed by atoms with Crippen molar-refractivity contribution in [3.63, 3.8) is 0 Å². The van der Waals surface area contributed by atoms with Gasteiger partial charge in [-0.05, 0) is 50.3 Å². The van der Waals surface area contributed by atoms with Crippen molar-refractivity contribution in [2.45, 2.75) is 59.0 Å². The van der Waals surface area contributed by atoms with Crippen LogP contribution in [0.3, 0.4) is 0 Å². The van der Waals surface area contributed by atoms with Crippen LogP contribution in [0.4, 0.5) is 0 Å². The van der Waals surface area contributed by atoms with E-state index in [2.05, 4.69) is 29.5 Å². The van der Waals surface area contributed by atoms with Crippen LogP contribution in [0.25, 0.3) is 0 Å². The zero-order chi connectivity index (χ0) is 22.6. The van der Waals surface area contributed by atoms with Gasteiger partial charge < -0.3 is 26.0 Å². The smallest absolute Gasteiger partial charge is 0.255 e. The Morgan fingerprint density at radius 3 is 2.50 bits per heavy atom. The number of ether oxygens (including phenoxy) is 1. The Bertz CT molecular complexity index is 747. The molecule has 0 aromatic heterocycles. The Balaban J connectivity index is 0.00000512. The molecule has 180 valence electrons. The summed E-state index contributed by atoms with van der Waals surface area (Å²) in [4.78, 5) is 30.2. The highest BCUT2D eigenvalue weighted by molar-refractivity contribution is 14.0. The Hall–Kier alpha value is -2.04. The molecule has 1 aromatic carbocycles. The third-order valence-electron chi connectivity index (χ3n) is 5.53. The molecule has 0 bridgehead atoms. The lowest BCUT2D eigenvalue weighted by atomic mass is 9.98. The highest BCUT2D eigenvalue weighted by Crippen LogP contribution is 2.18. The minimum absolute atomic E-state index is 0. The number of primary amides is 1. The lowest BCUT2D eigenvalue weighted by Gasteiger charge is -2.34. The van der Waals surface area contributed by atoms with Crippen molar-refractivity contribution < 1.29 is 14.3 Å². The van der Waals surface area contributed by atoms with Crippen molar-refractivity contribution in [1.29, 1.82) is 0 Å². The van der Waals surface area contributed by atoms with Crippen LogP contribution in [0.5, 0.6) is 5.75 Å². The van der Waals surface area contributed by atoms with Crippen LogP contribution in [0.1, 0.15) is 52.0 Å². The predicted molar refractivity (Wildman–Crippen MR) is 138 cm³/mol. The SMILES string of the molecule is CCNC(=NCc1cccc(OCC(N)=O)c1)NC1CCN(C(=O)C(CC)CC)CC1.I. The number of hydrogen-bond donors (Lipinski definition) is 3. The van der Waals surface area contributed by atoms with Gasteiger partial charge in [-0.2, -0.15) is 0 Å². The first-order valence-corrected chi connectivity index (χ1v) is 11.3. The van der Waals surface area contributed by atoms with Crippen LogP contribution in [0.15, 0.2) is 29.3 Å². The van der Waals surface area contributed by atoms with Crippen molar-refractivity contribution in [3.8, 4) is 5.75 Å². The van der Waals surface area contributed by atoms with Crippen LogP contribution < -0.4 is 21.1 Å². The molecule has 0 spiro atoms. The van der Waals surface area contributed by atoms with Crippen LogP contribution >= 0.6 is 24.0 Å². The Morgan fingerprint density at radius 1 is 1.22 bits per heavy atom. The molecule has 9 heteroatoms. The van der Waals surface area contributed by atoms with Crippen LogP contribution in [-0.4, -0.2) is 55.0 Å². The van der Waals surface area contributed by atoms with Gasteiger partial charge in [-0.3, -0.25) is 9.59 Å². The molecule has 0 aliphatic carbocycles. The van der Waals surface area contributed by atoms with Gasteiger partial charge in [0.1, 0.15) is 5.75 Å². The molecule has 0 saturated carbocycles. The predicted octanol–water partition coefficient (Wildman–Crippen LogP) is 2.65. The number of carbonyl (C=O) groups excluding carboxylic acids is 2. The molecule has 1 heterocycles. The second-order valence-corrected chi connectivity index (χ2v) is 7.85. The summed E-state index contributed by atoms with van der Waals surface area (Å²) < 4.78 is 5.36. The summed E-state index contributed by atoms with van der Waals surface area (Å²) in [5.74, 6) is 1.29. The maximum atomic E-state index is 12.6. The number of hydrogen-bond acceptors (Lipinski definition) is 4. The third kappa shape index (κ3) is 9.22. The van der Waals surface area contributed by atoms with Crippen LogP contribution in [-0.2, 0) is 16.1 Å². The number of guanidine groups is 1. The number of nitrogens with two attached hydrogens (primary N) is 1. The highest BCUT2D eigenvalue weighted by atomic mass is 127. The molecule has 2 amide bonds. The van der Waals surface area contributed by atoms with Crippen molar-refractivity contribution in [2.24, 2.45) is 16.6 Å². The second kappa shape index (κ2) is 14.9. The molecule has 8 nitrogen and oxygen atoms in total. The van der Waals surface area contributed by atoms with Crippen LogP contribution in [0.2, 0.25) is 0 Å². The fourth-order valence-electron chi connectivity index (χ4n) is 3.71. The average Bonchev–Trinajstić information content (AvgIpc) is 2.78. The number of nitrogens with one attached hydrogen (secondary N) is 2. The summed E-state index contributed by atoms with van der Waals surface area (Å²) in [6, 6.07) is 7.77. The van der Waals surface area contributed by atoms with Crippen molar-refractivity contribution in [3.05, 3.63) is 29.8 Å². The summed E-state index contributed by atoms with van der Waals surface area (Å²) in [5, 5.41) is 6.80. The Morgan fingerprint density at radius 2 is 1.91 bits per heavy atom. The van der Waals surface area contributed by atoms with Gasteiger partial charge >= 0.3 is 0 Å². The monoisotopic (exact) mass is 559 g/mol. The molecular formula is C23H38IN5O3. The summed E-state index contributed by atoms with van der Waals surface area (Å²) in [6.07, 6.45) is 3.62. The minimum Gasteiger partial charge on any atom is -0.484 e. The number of benzene rings is 1. The first-order chi connectivity index (χ1) is 15.0. The normalized spacial score (nSPS) is 14.6. The largest absolute Gasteiger partial charge is 0.484 e. The number of nitrogens with zero attached hydrogens (tertiary/aromatic N) is 2. The molecule has 1 aromatic rings. The van der Waals surface area contributed by atoms with Gasteiger partial charge in [0.25, 0.3) is 5.91 Å². The molecule has 1 aliphatic rings. The van der Waals surface area contributed by atoms with Gasteiger partial charge in [0.15, 0.2) is 12.6 Å². The fourth-order valence-corrected chi connectivity index (χ4v) is 3.71. The number of likely N-dealkylation sites (tertiary alicyclic amines) is 1. The van der Waals surface area contributed by atoms with E-state index in [-0.39, 0.29) is 42.5 Å². The lowest BCUT2D eigenvalue weighted by molar-refractivity contribution is -0.136. The molecule has 4 N–H and O–H groups in total. The van der Waals surface area contributed by atoms with Gasteiger partial charge in [-0.15, -0.1) is 24.0 Å². The van der Waals surface area contributed by atoms with E-state index in [9.17, 15) is 9.59 Å². The van der Waals surface area contributed by atoms with Gasteiger partial charge in [-0.1, -0.05) is 26.0 Å². The summed E-state index contributed by atoms with van der Waals surface area (Å²) in [5.41, 5.74) is 6.11.